The summed E-state index contributed by atoms with van der Waals surface area (Å²) in [6, 6.07) is 6.51. The highest BCUT2D eigenvalue weighted by Crippen LogP contribution is 2.27. The molecule has 1 unspecified atom stereocenters. The van der Waals surface area contributed by atoms with Crippen molar-refractivity contribution in [3.8, 4) is 0 Å². The second kappa shape index (κ2) is 6.63. The molecule has 0 radical (unpaired) electrons. The van der Waals surface area contributed by atoms with E-state index in [0.29, 0.717) is 11.1 Å². The monoisotopic (exact) mass is 326 g/mol. The number of imidazole rings is 1. The van der Waals surface area contributed by atoms with E-state index >= 15 is 0 Å². The first-order valence-corrected chi connectivity index (χ1v) is 9.73. The first kappa shape index (κ1) is 14.6. The maximum absolute atomic E-state index is 5.95. The van der Waals surface area contributed by atoms with Crippen LogP contribution in [0.4, 0.5) is 0 Å². The number of hydrogen-bond acceptors (Lipinski definition) is 3. The van der Waals surface area contributed by atoms with Crippen molar-refractivity contribution in [1.82, 2.24) is 9.55 Å². The summed E-state index contributed by atoms with van der Waals surface area (Å²) in [5.74, 6) is 5.58. The molecule has 20 heavy (non-hydrogen) atoms. The molecule has 1 aromatic heterocycles. The zero-order valence-corrected chi connectivity index (χ0v) is 14.0. The molecule has 1 aliphatic heterocycles. The SMILES string of the molecule is Cc1ccc2nc(CCCl)n(CC3CSCCS3)c2c1. The lowest BCUT2D eigenvalue weighted by molar-refractivity contribution is 0.674. The summed E-state index contributed by atoms with van der Waals surface area (Å²) >= 11 is 10.1. The molecule has 108 valence electrons. The van der Waals surface area contributed by atoms with E-state index < -0.39 is 0 Å². The maximum atomic E-state index is 5.95. The third-order valence-corrected chi connectivity index (χ3v) is 6.59. The number of aromatic nitrogens is 2. The number of rotatable bonds is 4. The molecule has 0 bridgehead atoms. The molecule has 2 aromatic rings. The lowest BCUT2D eigenvalue weighted by atomic mass is 10.2. The maximum Gasteiger partial charge on any atom is 0.111 e. The first-order chi connectivity index (χ1) is 9.78. The highest BCUT2D eigenvalue weighted by atomic mass is 35.5. The molecule has 1 atom stereocenters. The van der Waals surface area contributed by atoms with Crippen molar-refractivity contribution in [3.05, 3.63) is 29.6 Å². The van der Waals surface area contributed by atoms with E-state index in [-0.39, 0.29) is 0 Å². The Morgan fingerprint density at radius 3 is 3.05 bits per heavy atom. The summed E-state index contributed by atoms with van der Waals surface area (Å²) in [5, 5.41) is 0.695. The van der Waals surface area contributed by atoms with E-state index in [1.165, 1.54) is 28.3 Å². The second-order valence-corrected chi connectivity index (χ2v) is 8.07. The lowest BCUT2D eigenvalue weighted by Crippen LogP contribution is -2.21. The molecular formula is C15H19ClN2S2. The van der Waals surface area contributed by atoms with Crippen molar-refractivity contribution in [2.24, 2.45) is 0 Å². The van der Waals surface area contributed by atoms with E-state index in [9.17, 15) is 0 Å². The molecule has 1 fully saturated rings. The molecule has 0 saturated carbocycles. The standard InChI is InChI=1S/C15H19ClN2S2/c1-11-2-3-13-14(8-11)18(15(17-13)4-5-16)9-12-10-19-6-7-20-12/h2-3,8,12H,4-7,9-10H2,1H3. The van der Waals surface area contributed by atoms with Gasteiger partial charge in [-0.15, -0.1) is 11.6 Å². The number of halogens is 1. The summed E-state index contributed by atoms with van der Waals surface area (Å²) in [6.45, 7) is 3.20. The molecule has 2 heterocycles. The third kappa shape index (κ3) is 3.12. The fourth-order valence-corrected chi connectivity index (χ4v) is 5.43. The minimum absolute atomic E-state index is 0.634. The van der Waals surface area contributed by atoms with E-state index in [1.807, 2.05) is 0 Å². The van der Waals surface area contributed by atoms with Gasteiger partial charge in [0.1, 0.15) is 5.82 Å². The van der Waals surface area contributed by atoms with E-state index in [2.05, 4.69) is 53.2 Å². The van der Waals surface area contributed by atoms with Gasteiger partial charge in [0.25, 0.3) is 0 Å². The topological polar surface area (TPSA) is 17.8 Å². The van der Waals surface area contributed by atoms with Crippen LogP contribution in [-0.2, 0) is 13.0 Å². The van der Waals surface area contributed by atoms with Gasteiger partial charge in [-0.3, -0.25) is 0 Å². The van der Waals surface area contributed by atoms with Gasteiger partial charge in [0.2, 0.25) is 0 Å². The van der Waals surface area contributed by atoms with Gasteiger partial charge in [0.15, 0.2) is 0 Å². The van der Waals surface area contributed by atoms with Crippen molar-refractivity contribution < 1.29 is 0 Å². The Morgan fingerprint density at radius 1 is 1.40 bits per heavy atom. The highest BCUT2D eigenvalue weighted by molar-refractivity contribution is 8.06. The fourth-order valence-electron chi connectivity index (χ4n) is 2.61. The Balaban J connectivity index is 1.96. The van der Waals surface area contributed by atoms with Gasteiger partial charge < -0.3 is 4.57 Å². The van der Waals surface area contributed by atoms with Gasteiger partial charge >= 0.3 is 0 Å². The predicted molar refractivity (Wildman–Crippen MR) is 92.5 cm³/mol. The normalized spacial score (nSPS) is 19.6. The Kier molecular flexibility index (Phi) is 4.84. The summed E-state index contributed by atoms with van der Waals surface area (Å²) in [5.41, 5.74) is 3.66. The molecule has 1 aliphatic rings. The van der Waals surface area contributed by atoms with Crippen molar-refractivity contribution in [3.63, 3.8) is 0 Å². The van der Waals surface area contributed by atoms with Crippen LogP contribution in [0.1, 0.15) is 11.4 Å². The van der Waals surface area contributed by atoms with E-state index in [4.69, 9.17) is 16.6 Å². The molecule has 0 amide bonds. The van der Waals surface area contributed by atoms with Gasteiger partial charge in [-0.25, -0.2) is 4.98 Å². The number of alkyl halides is 1. The number of hydrogen-bond donors (Lipinski definition) is 0. The summed E-state index contributed by atoms with van der Waals surface area (Å²) < 4.78 is 2.40. The summed E-state index contributed by atoms with van der Waals surface area (Å²) in [4.78, 5) is 4.77. The number of fused-ring (bicyclic) bond motifs is 1. The van der Waals surface area contributed by atoms with E-state index in [0.717, 1.165) is 24.3 Å². The van der Waals surface area contributed by atoms with Crippen molar-refractivity contribution in [2.75, 3.05) is 23.1 Å². The van der Waals surface area contributed by atoms with Gasteiger partial charge in [0.05, 0.1) is 11.0 Å². The van der Waals surface area contributed by atoms with Gasteiger partial charge in [-0.2, -0.15) is 23.5 Å². The van der Waals surface area contributed by atoms with Crippen LogP contribution in [-0.4, -0.2) is 37.9 Å². The largest absolute Gasteiger partial charge is 0.327 e. The number of benzene rings is 1. The lowest BCUT2D eigenvalue weighted by Gasteiger charge is -2.22. The van der Waals surface area contributed by atoms with Crippen LogP contribution in [0.5, 0.6) is 0 Å². The summed E-state index contributed by atoms with van der Waals surface area (Å²) in [7, 11) is 0. The van der Waals surface area contributed by atoms with Gasteiger partial charge in [-0.1, -0.05) is 6.07 Å². The van der Waals surface area contributed by atoms with Crippen LogP contribution >= 0.6 is 35.1 Å². The Labute approximate surface area is 133 Å². The van der Waals surface area contributed by atoms with Crippen LogP contribution in [0.25, 0.3) is 11.0 Å². The second-order valence-electron chi connectivity index (χ2n) is 5.14. The molecule has 0 spiro atoms. The van der Waals surface area contributed by atoms with E-state index in [1.54, 1.807) is 0 Å². The average Bonchev–Trinajstić information content (AvgIpc) is 2.78. The quantitative estimate of drug-likeness (QED) is 0.792. The summed E-state index contributed by atoms with van der Waals surface area (Å²) in [6.07, 6.45) is 0.847. The fraction of sp³-hybridized carbons (Fsp3) is 0.533. The molecule has 1 aromatic carbocycles. The van der Waals surface area contributed by atoms with Crippen molar-refractivity contribution in [1.29, 1.82) is 0 Å². The van der Waals surface area contributed by atoms with Crippen LogP contribution in [0, 0.1) is 6.92 Å². The number of thioether (sulfide) groups is 2. The predicted octanol–water partition coefficient (Wildman–Crippen LogP) is 3.97. The molecule has 2 nitrogen and oxygen atoms in total. The number of nitrogens with zero attached hydrogens (tertiary/aromatic N) is 2. The molecule has 3 rings (SSSR count). The van der Waals surface area contributed by atoms with Gasteiger partial charge in [-0.05, 0) is 24.6 Å². The minimum Gasteiger partial charge on any atom is -0.327 e. The Morgan fingerprint density at radius 2 is 2.30 bits per heavy atom. The van der Waals surface area contributed by atoms with Crippen LogP contribution in [0.15, 0.2) is 18.2 Å². The molecular weight excluding hydrogens is 308 g/mol. The van der Waals surface area contributed by atoms with Crippen molar-refractivity contribution >= 4 is 46.2 Å². The smallest absolute Gasteiger partial charge is 0.111 e. The molecule has 0 aliphatic carbocycles. The molecule has 1 saturated heterocycles. The minimum atomic E-state index is 0.634. The Hall–Kier alpha value is -0.320. The molecule has 0 N–H and O–H groups in total. The number of aryl methyl sites for hydroxylation is 2. The van der Waals surface area contributed by atoms with Gasteiger partial charge in [0, 0.05) is 41.4 Å². The average molecular weight is 327 g/mol. The zero-order chi connectivity index (χ0) is 13.9. The Bertz CT molecular complexity index is 591. The van der Waals surface area contributed by atoms with Crippen LogP contribution in [0.2, 0.25) is 0 Å². The van der Waals surface area contributed by atoms with Crippen molar-refractivity contribution in [2.45, 2.75) is 25.1 Å². The van der Waals surface area contributed by atoms with Crippen LogP contribution < -0.4 is 0 Å². The van der Waals surface area contributed by atoms with Crippen LogP contribution in [0.3, 0.4) is 0 Å². The zero-order valence-electron chi connectivity index (χ0n) is 11.6. The molecule has 5 heteroatoms. The first-order valence-electron chi connectivity index (χ1n) is 6.99. The third-order valence-electron chi connectivity index (χ3n) is 3.57. The highest BCUT2D eigenvalue weighted by Gasteiger charge is 2.18.